The van der Waals surface area contributed by atoms with Crippen LogP contribution in [0.5, 0.6) is 11.5 Å². The second kappa shape index (κ2) is 5.65. The van der Waals surface area contributed by atoms with Crippen molar-refractivity contribution in [2.75, 3.05) is 19.8 Å². The number of fused-ring (bicyclic) bond motifs is 1. The molecule has 3 rings (SSSR count). The Hall–Kier alpha value is -1.22. The maximum atomic E-state index is 5.75. The van der Waals surface area contributed by atoms with E-state index < -0.39 is 0 Å². The van der Waals surface area contributed by atoms with E-state index in [-0.39, 0.29) is 5.41 Å². The number of nitrogens with one attached hydrogen (secondary N) is 1. The molecular formula is C17H25NO2. The Labute approximate surface area is 121 Å². The minimum atomic E-state index is 0.278. The predicted octanol–water partition coefficient (Wildman–Crippen LogP) is 3.27. The first-order valence-electron chi connectivity index (χ1n) is 7.83. The highest BCUT2D eigenvalue weighted by Crippen LogP contribution is 2.43. The van der Waals surface area contributed by atoms with Crippen molar-refractivity contribution in [1.29, 1.82) is 0 Å². The van der Waals surface area contributed by atoms with Crippen molar-refractivity contribution < 1.29 is 9.47 Å². The third-order valence-corrected chi connectivity index (χ3v) is 4.56. The van der Waals surface area contributed by atoms with E-state index in [0.717, 1.165) is 18.0 Å². The van der Waals surface area contributed by atoms with Crippen molar-refractivity contribution in [1.82, 2.24) is 5.32 Å². The third-order valence-electron chi connectivity index (χ3n) is 4.56. The molecule has 1 N–H and O–H groups in total. The van der Waals surface area contributed by atoms with E-state index in [1.165, 1.54) is 31.2 Å². The standard InChI is InChI=1S/C17H25NO2/c1-13(2)18-12-17(7-3-4-8-17)14-5-6-15-16(11-14)20-10-9-19-15/h5-6,11,13,18H,3-4,7-10,12H2,1-2H3. The van der Waals surface area contributed by atoms with Gasteiger partial charge in [-0.15, -0.1) is 0 Å². The van der Waals surface area contributed by atoms with E-state index in [1.54, 1.807) is 0 Å². The molecule has 1 aliphatic heterocycles. The van der Waals surface area contributed by atoms with Crippen molar-refractivity contribution in [3.8, 4) is 11.5 Å². The lowest BCUT2D eigenvalue weighted by Crippen LogP contribution is -2.39. The minimum absolute atomic E-state index is 0.278. The Bertz CT molecular complexity index is 464. The van der Waals surface area contributed by atoms with Gasteiger partial charge in [-0.05, 0) is 30.5 Å². The monoisotopic (exact) mass is 275 g/mol. The molecule has 2 aliphatic rings. The van der Waals surface area contributed by atoms with Crippen molar-refractivity contribution in [3.63, 3.8) is 0 Å². The van der Waals surface area contributed by atoms with Gasteiger partial charge in [-0.3, -0.25) is 0 Å². The molecule has 3 nitrogen and oxygen atoms in total. The van der Waals surface area contributed by atoms with Gasteiger partial charge in [0.2, 0.25) is 0 Å². The van der Waals surface area contributed by atoms with E-state index in [2.05, 4.69) is 37.4 Å². The van der Waals surface area contributed by atoms with E-state index >= 15 is 0 Å². The van der Waals surface area contributed by atoms with Gasteiger partial charge in [0.15, 0.2) is 11.5 Å². The highest BCUT2D eigenvalue weighted by Gasteiger charge is 2.36. The molecule has 0 aromatic heterocycles. The Kier molecular flexibility index (Phi) is 3.88. The number of rotatable bonds is 4. The molecule has 0 spiro atoms. The van der Waals surface area contributed by atoms with E-state index in [4.69, 9.17) is 9.47 Å². The molecule has 0 amide bonds. The van der Waals surface area contributed by atoms with E-state index in [0.29, 0.717) is 19.3 Å². The largest absolute Gasteiger partial charge is 0.486 e. The molecule has 0 atom stereocenters. The molecule has 0 radical (unpaired) electrons. The van der Waals surface area contributed by atoms with Crippen molar-refractivity contribution in [3.05, 3.63) is 23.8 Å². The third kappa shape index (κ3) is 2.64. The lowest BCUT2D eigenvalue weighted by Gasteiger charge is -2.32. The molecule has 1 fully saturated rings. The first-order chi connectivity index (χ1) is 9.70. The average Bonchev–Trinajstić information content (AvgIpc) is 2.95. The molecule has 1 aromatic carbocycles. The highest BCUT2D eigenvalue weighted by molar-refractivity contribution is 5.46. The Balaban J connectivity index is 1.87. The summed E-state index contributed by atoms with van der Waals surface area (Å²) in [7, 11) is 0. The zero-order chi connectivity index (χ0) is 14.0. The van der Waals surface area contributed by atoms with Crippen LogP contribution in [0, 0.1) is 0 Å². The van der Waals surface area contributed by atoms with Gasteiger partial charge < -0.3 is 14.8 Å². The first-order valence-corrected chi connectivity index (χ1v) is 7.83. The van der Waals surface area contributed by atoms with Gasteiger partial charge in [0.25, 0.3) is 0 Å². The summed E-state index contributed by atoms with van der Waals surface area (Å²) in [5, 5.41) is 3.63. The van der Waals surface area contributed by atoms with Crippen LogP contribution in [0.2, 0.25) is 0 Å². The van der Waals surface area contributed by atoms with Crippen LogP contribution in [0.15, 0.2) is 18.2 Å². The fourth-order valence-electron chi connectivity index (χ4n) is 3.39. The van der Waals surface area contributed by atoms with Crippen molar-refractivity contribution >= 4 is 0 Å². The number of benzene rings is 1. The van der Waals surface area contributed by atoms with Gasteiger partial charge >= 0.3 is 0 Å². The summed E-state index contributed by atoms with van der Waals surface area (Å²) in [4.78, 5) is 0. The first kappa shape index (κ1) is 13.7. The van der Waals surface area contributed by atoms with Crippen LogP contribution < -0.4 is 14.8 Å². The molecule has 0 bridgehead atoms. The quantitative estimate of drug-likeness (QED) is 0.915. The summed E-state index contributed by atoms with van der Waals surface area (Å²) in [6.07, 6.45) is 5.20. The normalized spacial score (nSPS) is 20.4. The average molecular weight is 275 g/mol. The lowest BCUT2D eigenvalue weighted by molar-refractivity contribution is 0.171. The predicted molar refractivity (Wildman–Crippen MR) is 80.7 cm³/mol. The van der Waals surface area contributed by atoms with Crippen molar-refractivity contribution in [2.45, 2.75) is 51.0 Å². The van der Waals surface area contributed by atoms with Gasteiger partial charge in [0.05, 0.1) is 0 Å². The van der Waals surface area contributed by atoms with Crippen LogP contribution in [-0.2, 0) is 5.41 Å². The SMILES string of the molecule is CC(C)NCC1(c2ccc3c(c2)OCCO3)CCCC1. The molecule has 1 aliphatic carbocycles. The van der Waals surface area contributed by atoms with Crippen LogP contribution in [0.4, 0.5) is 0 Å². The fraction of sp³-hybridized carbons (Fsp3) is 0.647. The number of hydrogen-bond acceptors (Lipinski definition) is 3. The summed E-state index contributed by atoms with van der Waals surface area (Å²) in [6.45, 7) is 6.81. The highest BCUT2D eigenvalue weighted by atomic mass is 16.6. The molecular weight excluding hydrogens is 250 g/mol. The minimum Gasteiger partial charge on any atom is -0.486 e. The van der Waals surface area contributed by atoms with Crippen LogP contribution in [0.25, 0.3) is 0 Å². The smallest absolute Gasteiger partial charge is 0.161 e. The second-order valence-corrected chi connectivity index (χ2v) is 6.38. The molecule has 1 aromatic rings. The molecule has 3 heteroatoms. The Morgan fingerprint density at radius 3 is 2.50 bits per heavy atom. The van der Waals surface area contributed by atoms with Crippen LogP contribution in [-0.4, -0.2) is 25.8 Å². The molecule has 1 heterocycles. The summed E-state index contributed by atoms with van der Waals surface area (Å²) in [6, 6.07) is 7.06. The zero-order valence-corrected chi connectivity index (χ0v) is 12.6. The summed E-state index contributed by atoms with van der Waals surface area (Å²) in [5.74, 6) is 1.81. The maximum absolute atomic E-state index is 5.75. The lowest BCUT2D eigenvalue weighted by atomic mass is 9.78. The molecule has 20 heavy (non-hydrogen) atoms. The fourth-order valence-corrected chi connectivity index (χ4v) is 3.39. The van der Waals surface area contributed by atoms with Gasteiger partial charge in [-0.1, -0.05) is 32.8 Å². The topological polar surface area (TPSA) is 30.5 Å². The van der Waals surface area contributed by atoms with Gasteiger partial charge in [-0.25, -0.2) is 0 Å². The second-order valence-electron chi connectivity index (χ2n) is 6.38. The molecule has 1 saturated carbocycles. The number of hydrogen-bond donors (Lipinski definition) is 1. The molecule has 110 valence electrons. The summed E-state index contributed by atoms with van der Waals surface area (Å²) >= 11 is 0. The number of ether oxygens (including phenoxy) is 2. The zero-order valence-electron chi connectivity index (χ0n) is 12.6. The Morgan fingerprint density at radius 1 is 1.10 bits per heavy atom. The van der Waals surface area contributed by atoms with Gasteiger partial charge in [-0.2, -0.15) is 0 Å². The molecule has 0 saturated heterocycles. The molecule has 0 unspecified atom stereocenters. The van der Waals surface area contributed by atoms with Gasteiger partial charge in [0, 0.05) is 18.0 Å². The Morgan fingerprint density at radius 2 is 1.80 bits per heavy atom. The van der Waals surface area contributed by atoms with E-state index in [9.17, 15) is 0 Å². The van der Waals surface area contributed by atoms with Crippen molar-refractivity contribution in [2.24, 2.45) is 0 Å². The van der Waals surface area contributed by atoms with Crippen LogP contribution in [0.3, 0.4) is 0 Å². The summed E-state index contributed by atoms with van der Waals surface area (Å²) in [5.41, 5.74) is 1.69. The van der Waals surface area contributed by atoms with Gasteiger partial charge in [0.1, 0.15) is 13.2 Å². The summed E-state index contributed by atoms with van der Waals surface area (Å²) < 4.78 is 11.4. The van der Waals surface area contributed by atoms with Crippen LogP contribution >= 0.6 is 0 Å². The maximum Gasteiger partial charge on any atom is 0.161 e. The van der Waals surface area contributed by atoms with Crippen LogP contribution in [0.1, 0.15) is 45.1 Å². The van der Waals surface area contributed by atoms with E-state index in [1.807, 2.05) is 0 Å².